The van der Waals surface area contributed by atoms with Gasteiger partial charge < -0.3 is 10.6 Å². The standard InChI is InChI=1S/C17H34N2O/c1-14(2)7-11-19(12-8-15(3)4)16(20)17(13-18)9-5-6-10-17/h14-15H,5-13,18H2,1-4H3. The number of nitrogens with zero attached hydrogens (tertiary/aromatic N) is 1. The van der Waals surface area contributed by atoms with Crippen LogP contribution in [0.3, 0.4) is 0 Å². The van der Waals surface area contributed by atoms with Gasteiger partial charge in [0.05, 0.1) is 5.41 Å². The molecule has 0 bridgehead atoms. The summed E-state index contributed by atoms with van der Waals surface area (Å²) in [5, 5.41) is 0. The van der Waals surface area contributed by atoms with Crippen LogP contribution in [0.5, 0.6) is 0 Å². The van der Waals surface area contributed by atoms with Crippen LogP contribution >= 0.6 is 0 Å². The second-order valence-corrected chi connectivity index (χ2v) is 7.35. The molecule has 1 aliphatic rings. The smallest absolute Gasteiger partial charge is 0.230 e. The van der Waals surface area contributed by atoms with Crippen molar-refractivity contribution in [1.82, 2.24) is 4.90 Å². The third kappa shape index (κ3) is 4.76. The summed E-state index contributed by atoms with van der Waals surface area (Å²) in [4.78, 5) is 15.1. The number of nitrogens with two attached hydrogens (primary N) is 1. The number of hydrogen-bond acceptors (Lipinski definition) is 2. The zero-order valence-electron chi connectivity index (χ0n) is 14.0. The van der Waals surface area contributed by atoms with E-state index < -0.39 is 0 Å². The number of amides is 1. The number of carbonyl (C=O) groups excluding carboxylic acids is 1. The van der Waals surface area contributed by atoms with Gasteiger partial charge in [0.1, 0.15) is 0 Å². The predicted octanol–water partition coefficient (Wildman–Crippen LogP) is 3.43. The van der Waals surface area contributed by atoms with E-state index in [1.807, 2.05) is 0 Å². The first kappa shape index (κ1) is 17.5. The largest absolute Gasteiger partial charge is 0.342 e. The van der Waals surface area contributed by atoms with Gasteiger partial charge in [-0.2, -0.15) is 0 Å². The van der Waals surface area contributed by atoms with Gasteiger partial charge in [-0.15, -0.1) is 0 Å². The van der Waals surface area contributed by atoms with E-state index in [1.165, 1.54) is 0 Å². The molecule has 3 heteroatoms. The quantitative estimate of drug-likeness (QED) is 0.741. The van der Waals surface area contributed by atoms with Gasteiger partial charge >= 0.3 is 0 Å². The molecule has 3 nitrogen and oxygen atoms in total. The lowest BCUT2D eigenvalue weighted by Crippen LogP contribution is -2.47. The lowest BCUT2D eigenvalue weighted by molar-refractivity contribution is -0.141. The summed E-state index contributed by atoms with van der Waals surface area (Å²) in [5.74, 6) is 1.61. The monoisotopic (exact) mass is 282 g/mol. The molecule has 1 fully saturated rings. The molecular weight excluding hydrogens is 248 g/mol. The van der Waals surface area contributed by atoms with Gasteiger partial charge in [-0.25, -0.2) is 0 Å². The van der Waals surface area contributed by atoms with E-state index in [0.717, 1.165) is 51.6 Å². The van der Waals surface area contributed by atoms with Gasteiger partial charge in [-0.1, -0.05) is 40.5 Å². The van der Waals surface area contributed by atoms with Crippen LogP contribution in [-0.4, -0.2) is 30.4 Å². The maximum Gasteiger partial charge on any atom is 0.230 e. The minimum absolute atomic E-state index is 0.242. The summed E-state index contributed by atoms with van der Waals surface area (Å²) in [7, 11) is 0. The molecule has 0 aromatic rings. The third-order valence-electron chi connectivity index (χ3n) is 4.65. The van der Waals surface area contributed by atoms with E-state index in [4.69, 9.17) is 5.73 Å². The molecule has 0 saturated heterocycles. The van der Waals surface area contributed by atoms with Gasteiger partial charge in [-0.05, 0) is 37.5 Å². The molecule has 0 spiro atoms. The highest BCUT2D eigenvalue weighted by Gasteiger charge is 2.42. The molecule has 0 aliphatic heterocycles. The molecule has 118 valence electrons. The van der Waals surface area contributed by atoms with E-state index in [2.05, 4.69) is 32.6 Å². The van der Waals surface area contributed by atoms with Crippen LogP contribution in [-0.2, 0) is 4.79 Å². The highest BCUT2D eigenvalue weighted by atomic mass is 16.2. The first-order valence-electron chi connectivity index (χ1n) is 8.40. The van der Waals surface area contributed by atoms with Crippen molar-refractivity contribution in [2.24, 2.45) is 23.0 Å². The Kier molecular flexibility index (Phi) is 7.01. The maximum absolute atomic E-state index is 13.0. The fourth-order valence-corrected chi connectivity index (χ4v) is 3.04. The number of hydrogen-bond donors (Lipinski definition) is 1. The Labute approximate surface area is 125 Å². The zero-order valence-corrected chi connectivity index (χ0v) is 14.0. The second-order valence-electron chi connectivity index (χ2n) is 7.35. The molecule has 2 N–H and O–H groups in total. The van der Waals surface area contributed by atoms with Crippen molar-refractivity contribution < 1.29 is 4.79 Å². The second kappa shape index (κ2) is 8.02. The number of rotatable bonds is 8. The van der Waals surface area contributed by atoms with Gasteiger partial charge in [-0.3, -0.25) is 4.79 Å². The SMILES string of the molecule is CC(C)CCN(CCC(C)C)C(=O)C1(CN)CCCC1. The molecule has 1 aliphatic carbocycles. The zero-order chi connectivity index (χ0) is 15.2. The Morgan fingerprint density at radius 3 is 1.85 bits per heavy atom. The Hall–Kier alpha value is -0.570. The summed E-state index contributed by atoms with van der Waals surface area (Å²) in [6.45, 7) is 11.2. The molecule has 0 radical (unpaired) electrons. The molecule has 0 atom stereocenters. The molecule has 0 aromatic heterocycles. The van der Waals surface area contributed by atoms with E-state index >= 15 is 0 Å². The van der Waals surface area contributed by atoms with E-state index in [0.29, 0.717) is 24.3 Å². The Bertz CT molecular complexity index is 281. The molecule has 1 amide bonds. The highest BCUT2D eigenvalue weighted by Crippen LogP contribution is 2.39. The molecule has 0 unspecified atom stereocenters. The van der Waals surface area contributed by atoms with Crippen LogP contribution in [0, 0.1) is 17.3 Å². The number of carbonyl (C=O) groups is 1. The van der Waals surface area contributed by atoms with Gasteiger partial charge in [0.2, 0.25) is 5.91 Å². The first-order chi connectivity index (χ1) is 9.41. The lowest BCUT2D eigenvalue weighted by atomic mass is 9.84. The van der Waals surface area contributed by atoms with Crippen molar-refractivity contribution in [3.05, 3.63) is 0 Å². The molecule has 1 rings (SSSR count). The average molecular weight is 282 g/mol. The van der Waals surface area contributed by atoms with Crippen LogP contribution in [0.25, 0.3) is 0 Å². The van der Waals surface area contributed by atoms with Crippen molar-refractivity contribution in [3.63, 3.8) is 0 Å². The van der Waals surface area contributed by atoms with Crippen LogP contribution < -0.4 is 5.73 Å². The summed E-state index contributed by atoms with van der Waals surface area (Å²) < 4.78 is 0. The molecule has 1 saturated carbocycles. The van der Waals surface area contributed by atoms with Gasteiger partial charge in [0.15, 0.2) is 0 Å². The maximum atomic E-state index is 13.0. The summed E-state index contributed by atoms with van der Waals surface area (Å²) in [5.41, 5.74) is 5.73. The lowest BCUT2D eigenvalue weighted by Gasteiger charge is -2.34. The Balaban J connectivity index is 2.71. The topological polar surface area (TPSA) is 46.3 Å². The minimum atomic E-state index is -0.242. The van der Waals surface area contributed by atoms with Crippen molar-refractivity contribution >= 4 is 5.91 Å². The molecular formula is C17H34N2O. The predicted molar refractivity (Wildman–Crippen MR) is 85.4 cm³/mol. The fraction of sp³-hybridized carbons (Fsp3) is 0.941. The highest BCUT2D eigenvalue weighted by molar-refractivity contribution is 5.83. The van der Waals surface area contributed by atoms with E-state index in [9.17, 15) is 4.79 Å². The molecule has 0 aromatic carbocycles. The third-order valence-corrected chi connectivity index (χ3v) is 4.65. The van der Waals surface area contributed by atoms with E-state index in [-0.39, 0.29) is 5.41 Å². The van der Waals surface area contributed by atoms with Crippen molar-refractivity contribution in [3.8, 4) is 0 Å². The minimum Gasteiger partial charge on any atom is -0.342 e. The molecule has 0 heterocycles. The van der Waals surface area contributed by atoms with Gasteiger partial charge in [0.25, 0.3) is 0 Å². The van der Waals surface area contributed by atoms with Crippen LogP contribution in [0.2, 0.25) is 0 Å². The Morgan fingerprint density at radius 2 is 1.50 bits per heavy atom. The van der Waals surface area contributed by atoms with Crippen molar-refractivity contribution in [2.45, 2.75) is 66.2 Å². The van der Waals surface area contributed by atoms with Crippen molar-refractivity contribution in [2.75, 3.05) is 19.6 Å². The summed E-state index contributed by atoms with van der Waals surface area (Å²) in [6, 6.07) is 0. The van der Waals surface area contributed by atoms with Crippen LogP contribution in [0.4, 0.5) is 0 Å². The Morgan fingerprint density at radius 1 is 1.05 bits per heavy atom. The summed E-state index contributed by atoms with van der Waals surface area (Å²) in [6.07, 6.45) is 6.47. The van der Waals surface area contributed by atoms with Gasteiger partial charge in [0, 0.05) is 19.6 Å². The average Bonchev–Trinajstić information content (AvgIpc) is 2.87. The van der Waals surface area contributed by atoms with Crippen molar-refractivity contribution in [1.29, 1.82) is 0 Å². The van der Waals surface area contributed by atoms with E-state index in [1.54, 1.807) is 0 Å². The summed E-state index contributed by atoms with van der Waals surface area (Å²) >= 11 is 0. The fourth-order valence-electron chi connectivity index (χ4n) is 3.04. The van der Waals surface area contributed by atoms with Crippen LogP contribution in [0.15, 0.2) is 0 Å². The van der Waals surface area contributed by atoms with Crippen LogP contribution in [0.1, 0.15) is 66.2 Å². The molecule has 20 heavy (non-hydrogen) atoms. The normalized spacial score (nSPS) is 17.9. The first-order valence-corrected chi connectivity index (χ1v) is 8.40.